The van der Waals surface area contributed by atoms with E-state index in [9.17, 15) is 4.79 Å². The number of nitrogens with zero attached hydrogens (tertiary/aromatic N) is 3. The SMILES string of the molecule is COc1ccccc1/C=N\NC(=O)CCN1CCN(C)CC1. The summed E-state index contributed by atoms with van der Waals surface area (Å²) in [4.78, 5) is 16.4. The first-order chi connectivity index (χ1) is 10.7. The first-order valence-electron chi connectivity index (χ1n) is 7.55. The number of carbonyl (C=O) groups excluding carboxylic acids is 1. The Bertz CT molecular complexity index is 511. The maximum atomic E-state index is 11.8. The standard InChI is InChI=1S/C16H24N4O2/c1-19-9-11-20(12-10-19)8-7-16(21)18-17-13-14-5-3-4-6-15(14)22-2/h3-6,13H,7-12H2,1-2H3,(H,18,21)/b17-13-. The van der Waals surface area contributed by atoms with E-state index in [1.165, 1.54) is 0 Å². The minimum absolute atomic E-state index is 0.0647. The van der Waals surface area contributed by atoms with Crippen molar-refractivity contribution in [1.82, 2.24) is 15.2 Å². The summed E-state index contributed by atoms with van der Waals surface area (Å²) in [6.07, 6.45) is 2.07. The number of hydrogen-bond acceptors (Lipinski definition) is 5. The number of methoxy groups -OCH3 is 1. The number of nitrogens with one attached hydrogen (secondary N) is 1. The second-order valence-electron chi connectivity index (χ2n) is 5.43. The van der Waals surface area contributed by atoms with Gasteiger partial charge in [0.2, 0.25) is 5.91 Å². The summed E-state index contributed by atoms with van der Waals surface area (Å²) >= 11 is 0. The molecule has 0 bridgehead atoms. The van der Waals surface area contributed by atoms with Gasteiger partial charge in [0.05, 0.1) is 13.3 Å². The van der Waals surface area contributed by atoms with E-state index in [-0.39, 0.29) is 5.91 Å². The fraction of sp³-hybridized carbons (Fsp3) is 0.500. The third-order valence-electron chi connectivity index (χ3n) is 3.78. The van der Waals surface area contributed by atoms with Gasteiger partial charge in [0.1, 0.15) is 5.75 Å². The predicted octanol–water partition coefficient (Wildman–Crippen LogP) is 0.783. The van der Waals surface area contributed by atoms with Crippen LogP contribution in [0, 0.1) is 0 Å². The molecule has 1 fully saturated rings. The molecule has 0 unspecified atom stereocenters. The summed E-state index contributed by atoms with van der Waals surface area (Å²) in [5.41, 5.74) is 3.41. The molecule has 1 saturated heterocycles. The van der Waals surface area contributed by atoms with Gasteiger partial charge in [0.25, 0.3) is 0 Å². The molecule has 1 heterocycles. The molecule has 1 aromatic carbocycles. The summed E-state index contributed by atoms with van der Waals surface area (Å²) in [6.45, 7) is 4.95. The zero-order chi connectivity index (χ0) is 15.8. The monoisotopic (exact) mass is 304 g/mol. The van der Waals surface area contributed by atoms with Crippen molar-refractivity contribution < 1.29 is 9.53 Å². The summed E-state index contributed by atoms with van der Waals surface area (Å²) in [5, 5.41) is 3.99. The lowest BCUT2D eigenvalue weighted by Gasteiger charge is -2.32. The van der Waals surface area contributed by atoms with Crippen LogP contribution < -0.4 is 10.2 Å². The zero-order valence-corrected chi connectivity index (χ0v) is 13.3. The van der Waals surface area contributed by atoms with Crippen LogP contribution in [0.5, 0.6) is 5.75 Å². The van der Waals surface area contributed by atoms with Gasteiger partial charge in [-0.2, -0.15) is 5.10 Å². The number of hydrazone groups is 1. The largest absolute Gasteiger partial charge is 0.496 e. The lowest BCUT2D eigenvalue weighted by Crippen LogP contribution is -2.45. The molecule has 1 amide bonds. The molecule has 0 saturated carbocycles. The van der Waals surface area contributed by atoms with Crippen LogP contribution in [0.4, 0.5) is 0 Å². The quantitative estimate of drug-likeness (QED) is 0.623. The highest BCUT2D eigenvalue weighted by Gasteiger charge is 2.14. The molecule has 2 rings (SSSR count). The summed E-state index contributed by atoms with van der Waals surface area (Å²) < 4.78 is 5.22. The molecular formula is C16H24N4O2. The number of benzene rings is 1. The molecule has 6 nitrogen and oxygen atoms in total. The van der Waals surface area contributed by atoms with Crippen molar-refractivity contribution in [2.45, 2.75) is 6.42 Å². The molecule has 1 aromatic rings. The van der Waals surface area contributed by atoms with Crippen LogP contribution in [0.3, 0.4) is 0 Å². The van der Waals surface area contributed by atoms with Crippen molar-refractivity contribution >= 4 is 12.1 Å². The lowest BCUT2D eigenvalue weighted by molar-refractivity contribution is -0.121. The first-order valence-corrected chi connectivity index (χ1v) is 7.55. The van der Waals surface area contributed by atoms with Gasteiger partial charge in [0, 0.05) is 44.7 Å². The van der Waals surface area contributed by atoms with Crippen LogP contribution in [-0.2, 0) is 4.79 Å². The third-order valence-corrected chi connectivity index (χ3v) is 3.78. The van der Waals surface area contributed by atoms with Crippen LogP contribution in [0.1, 0.15) is 12.0 Å². The molecule has 120 valence electrons. The Balaban J connectivity index is 1.72. The van der Waals surface area contributed by atoms with E-state index in [2.05, 4.69) is 27.4 Å². The second-order valence-corrected chi connectivity index (χ2v) is 5.43. The summed E-state index contributed by atoms with van der Waals surface area (Å²) in [5.74, 6) is 0.669. The number of rotatable bonds is 6. The highest BCUT2D eigenvalue weighted by atomic mass is 16.5. The Morgan fingerprint density at radius 1 is 1.32 bits per heavy atom. The molecule has 0 aromatic heterocycles. The highest BCUT2D eigenvalue weighted by molar-refractivity contribution is 5.85. The molecule has 1 aliphatic rings. The Morgan fingerprint density at radius 3 is 2.77 bits per heavy atom. The van der Waals surface area contributed by atoms with Gasteiger partial charge in [-0.3, -0.25) is 4.79 Å². The lowest BCUT2D eigenvalue weighted by atomic mass is 10.2. The average molecular weight is 304 g/mol. The number of ether oxygens (including phenoxy) is 1. The van der Waals surface area contributed by atoms with Crippen LogP contribution in [0.25, 0.3) is 0 Å². The van der Waals surface area contributed by atoms with Gasteiger partial charge in [-0.05, 0) is 19.2 Å². The number of amides is 1. The first kappa shape index (κ1) is 16.5. The smallest absolute Gasteiger partial charge is 0.241 e. The topological polar surface area (TPSA) is 57.2 Å². The van der Waals surface area contributed by atoms with Crippen LogP contribution in [0.2, 0.25) is 0 Å². The van der Waals surface area contributed by atoms with Gasteiger partial charge in [-0.15, -0.1) is 0 Å². The molecular weight excluding hydrogens is 280 g/mol. The minimum Gasteiger partial charge on any atom is -0.496 e. The minimum atomic E-state index is -0.0647. The molecule has 0 radical (unpaired) electrons. The highest BCUT2D eigenvalue weighted by Crippen LogP contribution is 2.14. The van der Waals surface area contributed by atoms with Gasteiger partial charge in [-0.1, -0.05) is 12.1 Å². The fourth-order valence-electron chi connectivity index (χ4n) is 2.33. The van der Waals surface area contributed by atoms with E-state index in [4.69, 9.17) is 4.74 Å². The van der Waals surface area contributed by atoms with E-state index in [1.807, 2.05) is 24.3 Å². The molecule has 0 atom stereocenters. The number of para-hydroxylation sites is 1. The second kappa shape index (κ2) is 8.51. The van der Waals surface area contributed by atoms with E-state index < -0.39 is 0 Å². The Labute approximate surface area is 131 Å². The van der Waals surface area contributed by atoms with Crippen molar-refractivity contribution in [3.05, 3.63) is 29.8 Å². The number of piperazine rings is 1. The van der Waals surface area contributed by atoms with E-state index in [1.54, 1.807) is 13.3 Å². The Hall–Kier alpha value is -1.92. The van der Waals surface area contributed by atoms with Gasteiger partial charge >= 0.3 is 0 Å². The molecule has 6 heteroatoms. The molecule has 0 aliphatic carbocycles. The van der Waals surface area contributed by atoms with Gasteiger partial charge < -0.3 is 14.5 Å². The van der Waals surface area contributed by atoms with Gasteiger partial charge in [-0.25, -0.2) is 5.43 Å². The molecule has 22 heavy (non-hydrogen) atoms. The van der Waals surface area contributed by atoms with Crippen LogP contribution in [-0.4, -0.2) is 68.8 Å². The molecule has 1 N–H and O–H groups in total. The molecule has 0 spiro atoms. The van der Waals surface area contributed by atoms with Crippen molar-refractivity contribution in [3.8, 4) is 5.75 Å². The van der Waals surface area contributed by atoms with E-state index >= 15 is 0 Å². The molecule has 1 aliphatic heterocycles. The van der Waals surface area contributed by atoms with Crippen LogP contribution in [0.15, 0.2) is 29.4 Å². The van der Waals surface area contributed by atoms with Crippen molar-refractivity contribution in [2.75, 3.05) is 46.9 Å². The summed E-state index contributed by atoms with van der Waals surface area (Å²) in [7, 11) is 3.73. The average Bonchev–Trinajstić information content (AvgIpc) is 2.55. The van der Waals surface area contributed by atoms with Gasteiger partial charge in [0.15, 0.2) is 0 Å². The third kappa shape index (κ3) is 5.13. The maximum Gasteiger partial charge on any atom is 0.241 e. The number of hydrogen-bond donors (Lipinski definition) is 1. The normalized spacial score (nSPS) is 16.8. The van der Waals surface area contributed by atoms with Crippen LogP contribution >= 0.6 is 0 Å². The number of likely N-dealkylation sites (N-methyl/N-ethyl adjacent to an activating group) is 1. The fourth-order valence-corrected chi connectivity index (χ4v) is 2.33. The van der Waals surface area contributed by atoms with Crippen molar-refractivity contribution in [2.24, 2.45) is 5.10 Å². The van der Waals surface area contributed by atoms with Crippen molar-refractivity contribution in [3.63, 3.8) is 0 Å². The van der Waals surface area contributed by atoms with E-state index in [0.29, 0.717) is 6.42 Å². The summed E-state index contributed by atoms with van der Waals surface area (Å²) in [6, 6.07) is 7.54. The van der Waals surface area contributed by atoms with Crippen molar-refractivity contribution in [1.29, 1.82) is 0 Å². The zero-order valence-electron chi connectivity index (χ0n) is 13.3. The number of carbonyl (C=O) groups is 1. The Kier molecular flexibility index (Phi) is 6.36. The van der Waals surface area contributed by atoms with E-state index in [0.717, 1.165) is 44.0 Å². The Morgan fingerprint density at radius 2 is 2.05 bits per heavy atom. The predicted molar refractivity (Wildman–Crippen MR) is 87.3 cm³/mol. The maximum absolute atomic E-state index is 11.8.